The van der Waals surface area contributed by atoms with Gasteiger partial charge in [-0.05, 0) is 55.3 Å². The Bertz CT molecular complexity index is 599. The molecule has 0 spiro atoms. The predicted octanol–water partition coefficient (Wildman–Crippen LogP) is 3.19. The second kappa shape index (κ2) is 6.28. The van der Waals surface area contributed by atoms with Crippen LogP contribution < -0.4 is 0 Å². The van der Waals surface area contributed by atoms with E-state index in [9.17, 15) is 9.18 Å². The van der Waals surface area contributed by atoms with Crippen molar-refractivity contribution in [3.8, 4) is 0 Å². The number of aromatic nitrogens is 1. The molecule has 0 saturated heterocycles. The zero-order valence-corrected chi connectivity index (χ0v) is 11.6. The molecule has 1 aromatic heterocycles. The molecule has 1 amide bonds. The molecule has 20 heavy (non-hydrogen) atoms. The zero-order chi connectivity index (χ0) is 14.5. The van der Waals surface area contributed by atoms with E-state index < -0.39 is 0 Å². The normalized spacial score (nSPS) is 10.3. The number of halogens is 1. The number of carbonyl (C=O) groups is 1. The van der Waals surface area contributed by atoms with Crippen molar-refractivity contribution < 1.29 is 9.18 Å². The summed E-state index contributed by atoms with van der Waals surface area (Å²) in [4.78, 5) is 18.1. The van der Waals surface area contributed by atoms with Gasteiger partial charge in [0.1, 0.15) is 5.82 Å². The molecule has 0 unspecified atom stereocenters. The van der Waals surface area contributed by atoms with Gasteiger partial charge in [0.2, 0.25) is 0 Å². The van der Waals surface area contributed by atoms with Gasteiger partial charge in [-0.3, -0.25) is 9.78 Å². The van der Waals surface area contributed by atoms with Crippen molar-refractivity contribution in [1.82, 2.24) is 9.88 Å². The van der Waals surface area contributed by atoms with E-state index in [4.69, 9.17) is 0 Å². The Balaban J connectivity index is 2.18. The number of hydrogen-bond donors (Lipinski definition) is 0. The Kier molecular flexibility index (Phi) is 4.45. The van der Waals surface area contributed by atoms with Crippen molar-refractivity contribution in [2.75, 3.05) is 6.54 Å². The number of carbonyl (C=O) groups excluding carboxylic acids is 1. The van der Waals surface area contributed by atoms with E-state index in [2.05, 4.69) is 4.98 Å². The fraction of sp³-hybridized carbons (Fsp3) is 0.250. The first kappa shape index (κ1) is 14.2. The van der Waals surface area contributed by atoms with Crippen LogP contribution >= 0.6 is 0 Å². The molecule has 3 nitrogen and oxygen atoms in total. The largest absolute Gasteiger partial charge is 0.335 e. The van der Waals surface area contributed by atoms with Gasteiger partial charge in [0.05, 0.1) is 0 Å². The van der Waals surface area contributed by atoms with Gasteiger partial charge in [-0.25, -0.2) is 4.39 Å². The molecular formula is C16H17FN2O. The summed E-state index contributed by atoms with van der Waals surface area (Å²) in [6.45, 7) is 4.70. The zero-order valence-electron chi connectivity index (χ0n) is 11.6. The van der Waals surface area contributed by atoms with E-state index in [1.807, 2.05) is 19.1 Å². The monoisotopic (exact) mass is 272 g/mol. The molecule has 104 valence electrons. The molecule has 0 fully saturated rings. The van der Waals surface area contributed by atoms with Gasteiger partial charge in [0.25, 0.3) is 5.91 Å². The standard InChI is InChI=1S/C16H17FN2O/c1-3-19(11-13-6-8-18-9-7-13)16(20)14-4-5-15(17)12(2)10-14/h4-10H,3,11H2,1-2H3. The Morgan fingerprint density at radius 1 is 1.25 bits per heavy atom. The average Bonchev–Trinajstić information content (AvgIpc) is 2.48. The number of rotatable bonds is 4. The highest BCUT2D eigenvalue weighted by molar-refractivity contribution is 5.94. The maximum Gasteiger partial charge on any atom is 0.254 e. The van der Waals surface area contributed by atoms with Crippen molar-refractivity contribution in [3.05, 3.63) is 65.2 Å². The Labute approximate surface area is 118 Å². The third kappa shape index (κ3) is 3.20. The summed E-state index contributed by atoms with van der Waals surface area (Å²) < 4.78 is 13.3. The van der Waals surface area contributed by atoms with E-state index in [1.54, 1.807) is 30.3 Å². The summed E-state index contributed by atoms with van der Waals surface area (Å²) in [7, 11) is 0. The summed E-state index contributed by atoms with van der Waals surface area (Å²) in [6, 6.07) is 8.22. The van der Waals surface area contributed by atoms with Crippen LogP contribution in [-0.4, -0.2) is 22.3 Å². The third-order valence-electron chi connectivity index (χ3n) is 3.20. The van der Waals surface area contributed by atoms with Crippen molar-refractivity contribution >= 4 is 5.91 Å². The van der Waals surface area contributed by atoms with Crippen LogP contribution in [0.2, 0.25) is 0 Å². The van der Waals surface area contributed by atoms with E-state index in [-0.39, 0.29) is 11.7 Å². The average molecular weight is 272 g/mol. The van der Waals surface area contributed by atoms with Gasteiger partial charge in [0.15, 0.2) is 0 Å². The molecule has 0 aliphatic rings. The SMILES string of the molecule is CCN(Cc1ccncc1)C(=O)c1ccc(F)c(C)c1. The van der Waals surface area contributed by atoms with Gasteiger partial charge < -0.3 is 4.90 Å². The lowest BCUT2D eigenvalue weighted by Crippen LogP contribution is -2.30. The Morgan fingerprint density at radius 2 is 1.95 bits per heavy atom. The van der Waals surface area contributed by atoms with Gasteiger partial charge >= 0.3 is 0 Å². The van der Waals surface area contributed by atoms with Crippen LogP contribution in [0, 0.1) is 12.7 Å². The molecule has 0 N–H and O–H groups in total. The topological polar surface area (TPSA) is 33.2 Å². The van der Waals surface area contributed by atoms with Crippen LogP contribution in [0.5, 0.6) is 0 Å². The molecule has 2 rings (SSSR count). The summed E-state index contributed by atoms with van der Waals surface area (Å²) in [6.07, 6.45) is 3.41. The van der Waals surface area contributed by atoms with E-state index >= 15 is 0 Å². The van der Waals surface area contributed by atoms with Gasteiger partial charge in [-0.2, -0.15) is 0 Å². The van der Waals surface area contributed by atoms with Crippen molar-refractivity contribution in [2.45, 2.75) is 20.4 Å². The molecule has 0 atom stereocenters. The van der Waals surface area contributed by atoms with Crippen LogP contribution in [0.15, 0.2) is 42.7 Å². The summed E-state index contributed by atoms with van der Waals surface area (Å²) in [5.41, 5.74) is 2.02. The summed E-state index contributed by atoms with van der Waals surface area (Å²) >= 11 is 0. The predicted molar refractivity (Wildman–Crippen MR) is 75.8 cm³/mol. The molecule has 0 aliphatic heterocycles. The highest BCUT2D eigenvalue weighted by atomic mass is 19.1. The molecule has 2 aromatic rings. The first-order valence-corrected chi connectivity index (χ1v) is 6.56. The van der Waals surface area contributed by atoms with E-state index in [0.29, 0.717) is 24.2 Å². The Morgan fingerprint density at radius 3 is 2.55 bits per heavy atom. The molecule has 0 bridgehead atoms. The molecular weight excluding hydrogens is 255 g/mol. The minimum absolute atomic E-state index is 0.0904. The molecule has 4 heteroatoms. The quantitative estimate of drug-likeness (QED) is 0.856. The van der Waals surface area contributed by atoms with Crippen molar-refractivity contribution in [1.29, 1.82) is 0 Å². The fourth-order valence-corrected chi connectivity index (χ4v) is 2.00. The molecule has 1 heterocycles. The van der Waals surface area contributed by atoms with Crippen molar-refractivity contribution in [2.24, 2.45) is 0 Å². The van der Waals surface area contributed by atoms with Crippen molar-refractivity contribution in [3.63, 3.8) is 0 Å². The lowest BCUT2D eigenvalue weighted by Gasteiger charge is -2.21. The number of nitrogens with zero attached hydrogens (tertiary/aromatic N) is 2. The summed E-state index contributed by atoms with van der Waals surface area (Å²) in [5, 5.41) is 0. The highest BCUT2D eigenvalue weighted by Gasteiger charge is 2.15. The number of benzene rings is 1. The van der Waals surface area contributed by atoms with Crippen LogP contribution in [0.25, 0.3) is 0 Å². The van der Waals surface area contributed by atoms with Gasteiger partial charge in [-0.1, -0.05) is 0 Å². The van der Waals surface area contributed by atoms with Gasteiger partial charge in [-0.15, -0.1) is 0 Å². The summed E-state index contributed by atoms with van der Waals surface area (Å²) in [5.74, 6) is -0.383. The maximum absolute atomic E-state index is 13.3. The number of pyridine rings is 1. The van der Waals surface area contributed by atoms with Gasteiger partial charge in [0, 0.05) is 31.0 Å². The van der Waals surface area contributed by atoms with Crippen LogP contribution in [0.4, 0.5) is 4.39 Å². The lowest BCUT2D eigenvalue weighted by molar-refractivity contribution is 0.0752. The van der Waals surface area contributed by atoms with Crippen LogP contribution in [0.1, 0.15) is 28.4 Å². The van der Waals surface area contributed by atoms with E-state index in [1.165, 1.54) is 12.1 Å². The minimum atomic E-state index is -0.293. The van der Waals surface area contributed by atoms with E-state index in [0.717, 1.165) is 5.56 Å². The van der Waals surface area contributed by atoms with Crippen LogP contribution in [-0.2, 0) is 6.54 Å². The second-order valence-electron chi connectivity index (χ2n) is 4.64. The fourth-order valence-electron chi connectivity index (χ4n) is 2.00. The van der Waals surface area contributed by atoms with Crippen LogP contribution in [0.3, 0.4) is 0 Å². The minimum Gasteiger partial charge on any atom is -0.335 e. The molecule has 0 radical (unpaired) electrons. The number of aryl methyl sites for hydroxylation is 1. The highest BCUT2D eigenvalue weighted by Crippen LogP contribution is 2.13. The Hall–Kier alpha value is -2.23. The lowest BCUT2D eigenvalue weighted by atomic mass is 10.1. The first-order chi connectivity index (χ1) is 9.61. The maximum atomic E-state index is 13.3. The third-order valence-corrected chi connectivity index (χ3v) is 3.20. The first-order valence-electron chi connectivity index (χ1n) is 6.56. The number of hydrogen-bond acceptors (Lipinski definition) is 2. The molecule has 1 aromatic carbocycles. The molecule has 0 saturated carbocycles. The molecule has 0 aliphatic carbocycles. The second-order valence-corrected chi connectivity index (χ2v) is 4.64. The number of amides is 1. The smallest absolute Gasteiger partial charge is 0.254 e.